The van der Waals surface area contributed by atoms with Crippen molar-refractivity contribution in [1.82, 2.24) is 4.90 Å². The first kappa shape index (κ1) is 15.9. The molecule has 0 unspecified atom stereocenters. The molecule has 1 aliphatic rings. The molecule has 114 valence electrons. The van der Waals surface area contributed by atoms with Crippen molar-refractivity contribution in [3.05, 3.63) is 27.7 Å². The predicted octanol–water partition coefficient (Wildman–Crippen LogP) is 1.66. The van der Waals surface area contributed by atoms with E-state index in [9.17, 15) is 14.7 Å². The van der Waals surface area contributed by atoms with E-state index in [-0.39, 0.29) is 34.3 Å². The molecule has 6 nitrogen and oxygen atoms in total. The van der Waals surface area contributed by atoms with Gasteiger partial charge in [-0.3, -0.25) is 4.79 Å². The van der Waals surface area contributed by atoms with Crippen LogP contribution in [0.25, 0.3) is 0 Å². The lowest BCUT2D eigenvalue weighted by Crippen LogP contribution is -2.40. The lowest BCUT2D eigenvalue weighted by Gasteiger charge is -2.21. The Balaban J connectivity index is 2.34. The van der Waals surface area contributed by atoms with Gasteiger partial charge in [-0.1, -0.05) is 23.2 Å². The van der Waals surface area contributed by atoms with Gasteiger partial charge in [0, 0.05) is 18.5 Å². The van der Waals surface area contributed by atoms with Crippen LogP contribution in [-0.2, 0) is 4.79 Å². The van der Waals surface area contributed by atoms with E-state index in [4.69, 9.17) is 33.0 Å². The van der Waals surface area contributed by atoms with Crippen LogP contribution in [0.3, 0.4) is 0 Å². The summed E-state index contributed by atoms with van der Waals surface area (Å²) in [6.45, 7) is -0.0446. The van der Waals surface area contributed by atoms with E-state index in [1.54, 1.807) is 0 Å². The monoisotopic (exact) mass is 333 g/mol. The number of aliphatic carboxylic acids is 1. The Hall–Kier alpha value is -1.50. The second-order valence-electron chi connectivity index (χ2n) is 4.67. The van der Waals surface area contributed by atoms with Crippen molar-refractivity contribution in [2.45, 2.75) is 18.6 Å². The number of methoxy groups -OCH3 is 1. The topological polar surface area (TPSA) is 87.1 Å². The third-order valence-electron chi connectivity index (χ3n) is 3.27. The highest BCUT2D eigenvalue weighted by molar-refractivity contribution is 6.37. The summed E-state index contributed by atoms with van der Waals surface area (Å²) >= 11 is 11.9. The molecule has 1 heterocycles. The second kappa shape index (κ2) is 6.09. The Labute approximate surface area is 130 Å². The molecular formula is C13H13Cl2NO5. The minimum atomic E-state index is -1.16. The molecule has 0 aliphatic carbocycles. The fourth-order valence-corrected chi connectivity index (χ4v) is 2.96. The van der Waals surface area contributed by atoms with Crippen LogP contribution in [0.4, 0.5) is 0 Å². The number of likely N-dealkylation sites (tertiary alicyclic amines) is 1. The maximum absolute atomic E-state index is 12.4. The summed E-state index contributed by atoms with van der Waals surface area (Å²) in [5.41, 5.74) is 0.145. The molecule has 8 heteroatoms. The Morgan fingerprint density at radius 2 is 1.90 bits per heavy atom. The van der Waals surface area contributed by atoms with Crippen molar-refractivity contribution in [2.24, 2.45) is 0 Å². The molecule has 21 heavy (non-hydrogen) atoms. The molecule has 0 saturated carbocycles. The number of carbonyl (C=O) groups excluding carboxylic acids is 1. The largest absolute Gasteiger partial charge is 0.494 e. The van der Waals surface area contributed by atoms with Crippen LogP contribution in [0.5, 0.6) is 5.75 Å². The Morgan fingerprint density at radius 1 is 1.33 bits per heavy atom. The van der Waals surface area contributed by atoms with Gasteiger partial charge in [0.1, 0.15) is 6.04 Å². The van der Waals surface area contributed by atoms with Crippen LogP contribution in [-0.4, -0.2) is 52.8 Å². The number of rotatable bonds is 3. The number of aliphatic hydroxyl groups excluding tert-OH is 1. The minimum absolute atomic E-state index is 0.00130. The second-order valence-corrected chi connectivity index (χ2v) is 5.49. The van der Waals surface area contributed by atoms with Crippen molar-refractivity contribution in [3.8, 4) is 5.75 Å². The normalized spacial score (nSPS) is 21.4. The third kappa shape index (κ3) is 3.07. The van der Waals surface area contributed by atoms with E-state index in [0.29, 0.717) is 0 Å². The minimum Gasteiger partial charge on any atom is -0.494 e. The average molecular weight is 334 g/mol. The molecule has 0 bridgehead atoms. The molecule has 2 rings (SSSR count). The van der Waals surface area contributed by atoms with Crippen LogP contribution in [0.1, 0.15) is 16.8 Å². The number of carboxylic acid groups (broad SMARTS) is 1. The summed E-state index contributed by atoms with van der Waals surface area (Å²) < 4.78 is 4.99. The Kier molecular flexibility index (Phi) is 4.61. The molecule has 0 aromatic heterocycles. The lowest BCUT2D eigenvalue weighted by molar-refractivity contribution is -0.141. The van der Waals surface area contributed by atoms with Crippen LogP contribution >= 0.6 is 23.2 Å². The van der Waals surface area contributed by atoms with Gasteiger partial charge in [-0.05, 0) is 12.1 Å². The Bertz CT molecular complexity index is 569. The zero-order valence-corrected chi connectivity index (χ0v) is 12.6. The van der Waals surface area contributed by atoms with E-state index in [1.807, 2.05) is 0 Å². The van der Waals surface area contributed by atoms with Crippen molar-refractivity contribution in [3.63, 3.8) is 0 Å². The maximum Gasteiger partial charge on any atom is 0.326 e. The van der Waals surface area contributed by atoms with Gasteiger partial charge in [0.05, 0.1) is 23.3 Å². The van der Waals surface area contributed by atoms with Crippen molar-refractivity contribution >= 4 is 35.1 Å². The van der Waals surface area contributed by atoms with Crippen molar-refractivity contribution in [1.29, 1.82) is 0 Å². The standard InChI is InChI=1S/C13H13Cl2NO5/c1-21-11-8(14)2-6(3-9(11)15)12(18)16-5-7(17)4-10(16)13(19)20/h2-3,7,10,17H,4-5H2,1H3,(H,19,20)/t7-,10-/m0/s1. The van der Waals surface area contributed by atoms with Crippen molar-refractivity contribution < 1.29 is 24.5 Å². The molecule has 0 spiro atoms. The van der Waals surface area contributed by atoms with E-state index in [0.717, 1.165) is 4.90 Å². The molecule has 2 atom stereocenters. The Morgan fingerprint density at radius 3 is 2.38 bits per heavy atom. The predicted molar refractivity (Wildman–Crippen MR) is 76.1 cm³/mol. The quantitative estimate of drug-likeness (QED) is 0.878. The number of nitrogens with zero attached hydrogens (tertiary/aromatic N) is 1. The van der Waals surface area contributed by atoms with Gasteiger partial charge in [0.25, 0.3) is 5.91 Å². The number of ether oxygens (including phenoxy) is 1. The summed E-state index contributed by atoms with van der Waals surface area (Å²) in [6.07, 6.45) is -0.863. The van der Waals surface area contributed by atoms with Gasteiger partial charge in [-0.2, -0.15) is 0 Å². The smallest absolute Gasteiger partial charge is 0.326 e. The van der Waals surface area contributed by atoms with Crippen LogP contribution in [0.2, 0.25) is 10.0 Å². The van der Waals surface area contributed by atoms with Gasteiger partial charge in [-0.25, -0.2) is 4.79 Å². The van der Waals surface area contributed by atoms with E-state index in [1.165, 1.54) is 19.2 Å². The highest BCUT2D eigenvalue weighted by Gasteiger charge is 2.39. The van der Waals surface area contributed by atoms with Gasteiger partial charge >= 0.3 is 5.97 Å². The highest BCUT2D eigenvalue weighted by Crippen LogP contribution is 2.34. The molecule has 1 fully saturated rings. The van der Waals surface area contributed by atoms with Gasteiger partial charge < -0.3 is 19.8 Å². The van der Waals surface area contributed by atoms with E-state index >= 15 is 0 Å². The first-order valence-electron chi connectivity index (χ1n) is 6.10. The summed E-state index contributed by atoms with van der Waals surface area (Å²) in [4.78, 5) is 24.7. The first-order chi connectivity index (χ1) is 9.85. The molecule has 1 amide bonds. The number of hydrogen-bond donors (Lipinski definition) is 2. The number of benzene rings is 1. The summed E-state index contributed by atoms with van der Waals surface area (Å²) in [5, 5.41) is 19.0. The fourth-order valence-electron chi connectivity index (χ4n) is 2.32. The maximum atomic E-state index is 12.4. The summed E-state index contributed by atoms with van der Waals surface area (Å²) in [5.74, 6) is -1.47. The summed E-state index contributed by atoms with van der Waals surface area (Å²) in [7, 11) is 1.39. The molecule has 2 N–H and O–H groups in total. The average Bonchev–Trinajstić information content (AvgIpc) is 2.79. The third-order valence-corrected chi connectivity index (χ3v) is 3.84. The van der Waals surface area contributed by atoms with E-state index < -0.39 is 24.0 Å². The van der Waals surface area contributed by atoms with Crippen LogP contribution in [0, 0.1) is 0 Å². The van der Waals surface area contributed by atoms with E-state index in [2.05, 4.69) is 0 Å². The molecule has 0 radical (unpaired) electrons. The number of carbonyl (C=O) groups is 2. The zero-order valence-electron chi connectivity index (χ0n) is 11.0. The molecule has 1 aromatic carbocycles. The number of carboxylic acids is 1. The van der Waals surface area contributed by atoms with Gasteiger partial charge in [0.15, 0.2) is 5.75 Å². The fraction of sp³-hybridized carbons (Fsp3) is 0.385. The molecule has 1 aromatic rings. The van der Waals surface area contributed by atoms with Gasteiger partial charge in [0.2, 0.25) is 0 Å². The SMILES string of the molecule is COc1c(Cl)cc(C(=O)N2C[C@@H](O)C[C@H]2C(=O)O)cc1Cl. The zero-order chi connectivity index (χ0) is 15.7. The number of aliphatic hydroxyl groups is 1. The van der Waals surface area contributed by atoms with Crippen LogP contribution < -0.4 is 4.74 Å². The highest BCUT2D eigenvalue weighted by atomic mass is 35.5. The van der Waals surface area contributed by atoms with Crippen LogP contribution in [0.15, 0.2) is 12.1 Å². The van der Waals surface area contributed by atoms with Gasteiger partial charge in [-0.15, -0.1) is 0 Å². The molecule has 1 saturated heterocycles. The number of amides is 1. The summed E-state index contributed by atoms with van der Waals surface area (Å²) in [6, 6.07) is 1.66. The van der Waals surface area contributed by atoms with Crippen molar-refractivity contribution in [2.75, 3.05) is 13.7 Å². The number of β-amino-alcohol motifs (C(OH)–C–C–N with tert-alkyl or cyclic N) is 1. The molecule has 1 aliphatic heterocycles. The lowest BCUT2D eigenvalue weighted by atomic mass is 10.1. The molecular weight excluding hydrogens is 321 g/mol. The number of halogens is 2. The number of hydrogen-bond acceptors (Lipinski definition) is 4. The first-order valence-corrected chi connectivity index (χ1v) is 6.85.